The first-order valence-electron chi connectivity index (χ1n) is 8.78. The van der Waals surface area contributed by atoms with E-state index in [-0.39, 0.29) is 11.7 Å². The molecule has 25 heavy (non-hydrogen) atoms. The first-order chi connectivity index (χ1) is 12.1. The van der Waals surface area contributed by atoms with Gasteiger partial charge in [-0.05, 0) is 45.0 Å². The zero-order valence-electron chi connectivity index (χ0n) is 14.4. The van der Waals surface area contributed by atoms with Crippen molar-refractivity contribution in [3.05, 3.63) is 29.7 Å². The first kappa shape index (κ1) is 17.8. The minimum atomic E-state index is -0.435. The van der Waals surface area contributed by atoms with Crippen molar-refractivity contribution in [3.8, 4) is 0 Å². The number of aromatic nitrogens is 1. The SMILES string of the molecule is CCN(CCN1CCC(c2noc3cc(F)ccc23)CC1)C(=O)CO. The van der Waals surface area contributed by atoms with E-state index in [4.69, 9.17) is 9.63 Å². The third-order valence-electron chi connectivity index (χ3n) is 4.99. The van der Waals surface area contributed by atoms with Gasteiger partial charge in [-0.25, -0.2) is 4.39 Å². The molecule has 1 aliphatic rings. The maximum absolute atomic E-state index is 13.3. The van der Waals surface area contributed by atoms with Crippen molar-refractivity contribution >= 4 is 16.9 Å². The molecule has 6 nitrogen and oxygen atoms in total. The number of amides is 1. The minimum Gasteiger partial charge on any atom is -0.387 e. The molecule has 0 bridgehead atoms. The summed E-state index contributed by atoms with van der Waals surface area (Å²) >= 11 is 0. The van der Waals surface area contributed by atoms with Gasteiger partial charge in [-0.3, -0.25) is 4.79 Å². The molecule has 2 heterocycles. The number of nitrogens with zero attached hydrogens (tertiary/aromatic N) is 3. The molecule has 0 saturated carbocycles. The predicted molar refractivity (Wildman–Crippen MR) is 91.7 cm³/mol. The average Bonchev–Trinajstić information content (AvgIpc) is 3.05. The Morgan fingerprint density at radius 1 is 1.44 bits per heavy atom. The van der Waals surface area contributed by atoms with E-state index >= 15 is 0 Å². The summed E-state index contributed by atoms with van der Waals surface area (Å²) in [5.41, 5.74) is 1.42. The number of piperidine rings is 1. The molecule has 3 rings (SSSR count). The molecule has 1 amide bonds. The normalized spacial score (nSPS) is 16.4. The van der Waals surface area contributed by atoms with Crippen LogP contribution in [0.25, 0.3) is 11.0 Å². The van der Waals surface area contributed by atoms with Gasteiger partial charge in [0.25, 0.3) is 0 Å². The van der Waals surface area contributed by atoms with Gasteiger partial charge in [0.15, 0.2) is 5.58 Å². The maximum Gasteiger partial charge on any atom is 0.248 e. The molecule has 7 heteroatoms. The van der Waals surface area contributed by atoms with Crippen LogP contribution >= 0.6 is 0 Å². The molecule has 1 aliphatic heterocycles. The Labute approximate surface area is 146 Å². The Kier molecular flexibility index (Phi) is 5.65. The molecule has 136 valence electrons. The molecular weight excluding hydrogens is 325 g/mol. The highest BCUT2D eigenvalue weighted by Gasteiger charge is 2.25. The molecule has 0 atom stereocenters. The molecule has 0 aliphatic carbocycles. The number of likely N-dealkylation sites (tertiary alicyclic amines) is 1. The van der Waals surface area contributed by atoms with Gasteiger partial charge in [-0.1, -0.05) is 5.16 Å². The molecule has 0 spiro atoms. The van der Waals surface area contributed by atoms with Crippen LogP contribution in [0.5, 0.6) is 0 Å². The van der Waals surface area contributed by atoms with Crippen molar-refractivity contribution in [3.63, 3.8) is 0 Å². The Hall–Kier alpha value is -1.99. The Bertz CT molecular complexity index is 725. The van der Waals surface area contributed by atoms with E-state index in [0.29, 0.717) is 24.6 Å². The second kappa shape index (κ2) is 7.93. The summed E-state index contributed by atoms with van der Waals surface area (Å²) in [4.78, 5) is 15.6. The molecule has 1 fully saturated rings. The van der Waals surface area contributed by atoms with Gasteiger partial charge < -0.3 is 19.4 Å². The number of aliphatic hydroxyl groups is 1. The van der Waals surface area contributed by atoms with Crippen LogP contribution in [-0.4, -0.2) is 65.3 Å². The van der Waals surface area contributed by atoms with Gasteiger partial charge in [0.1, 0.15) is 12.4 Å². The Morgan fingerprint density at radius 2 is 2.20 bits per heavy atom. The summed E-state index contributed by atoms with van der Waals surface area (Å²) in [6.45, 7) is 5.37. The number of carbonyl (C=O) groups is 1. The summed E-state index contributed by atoms with van der Waals surface area (Å²) in [5.74, 6) is -0.231. The highest BCUT2D eigenvalue weighted by Crippen LogP contribution is 2.32. The number of benzene rings is 1. The fraction of sp³-hybridized carbons (Fsp3) is 0.556. The first-order valence-corrected chi connectivity index (χ1v) is 8.78. The Balaban J connectivity index is 1.55. The van der Waals surface area contributed by atoms with Crippen molar-refractivity contribution in [2.45, 2.75) is 25.7 Å². The van der Waals surface area contributed by atoms with Gasteiger partial charge in [-0.15, -0.1) is 0 Å². The van der Waals surface area contributed by atoms with Crippen molar-refractivity contribution in [1.29, 1.82) is 0 Å². The highest BCUT2D eigenvalue weighted by molar-refractivity contribution is 5.80. The minimum absolute atomic E-state index is 0.223. The summed E-state index contributed by atoms with van der Waals surface area (Å²) in [6.07, 6.45) is 1.91. The topological polar surface area (TPSA) is 69.8 Å². The largest absolute Gasteiger partial charge is 0.387 e. The van der Waals surface area contributed by atoms with Crippen molar-refractivity contribution in [1.82, 2.24) is 15.0 Å². The van der Waals surface area contributed by atoms with Gasteiger partial charge in [-0.2, -0.15) is 0 Å². The van der Waals surface area contributed by atoms with Crippen LogP contribution in [-0.2, 0) is 4.79 Å². The third kappa shape index (κ3) is 3.99. The number of likely N-dealkylation sites (N-methyl/N-ethyl adjacent to an activating group) is 1. The summed E-state index contributed by atoms with van der Waals surface area (Å²) in [7, 11) is 0. The monoisotopic (exact) mass is 349 g/mol. The predicted octanol–water partition coefficient (Wildman–Crippen LogP) is 1.99. The quantitative estimate of drug-likeness (QED) is 0.864. The molecule has 0 radical (unpaired) electrons. The molecule has 2 aromatic rings. The summed E-state index contributed by atoms with van der Waals surface area (Å²) in [6, 6.07) is 4.55. The van der Waals surface area contributed by atoms with Crippen LogP contribution in [0.2, 0.25) is 0 Å². The van der Waals surface area contributed by atoms with Crippen LogP contribution < -0.4 is 0 Å². The van der Waals surface area contributed by atoms with Gasteiger partial charge in [0.2, 0.25) is 5.91 Å². The fourth-order valence-electron chi connectivity index (χ4n) is 3.48. The second-order valence-electron chi connectivity index (χ2n) is 6.46. The number of hydrogen-bond acceptors (Lipinski definition) is 5. The second-order valence-corrected chi connectivity index (χ2v) is 6.46. The van der Waals surface area contributed by atoms with Crippen LogP contribution in [0.4, 0.5) is 4.39 Å². The molecule has 1 aromatic carbocycles. The maximum atomic E-state index is 13.3. The lowest BCUT2D eigenvalue weighted by atomic mass is 9.91. The van der Waals surface area contributed by atoms with E-state index in [0.717, 1.165) is 43.6 Å². The Morgan fingerprint density at radius 3 is 2.88 bits per heavy atom. The lowest BCUT2D eigenvalue weighted by Gasteiger charge is -2.32. The van der Waals surface area contributed by atoms with Gasteiger partial charge in [0, 0.05) is 37.0 Å². The van der Waals surface area contributed by atoms with Gasteiger partial charge >= 0.3 is 0 Å². The average molecular weight is 349 g/mol. The van der Waals surface area contributed by atoms with Crippen LogP contribution in [0.3, 0.4) is 0 Å². The van der Waals surface area contributed by atoms with Crippen molar-refractivity contribution < 1.29 is 18.8 Å². The van der Waals surface area contributed by atoms with E-state index in [1.165, 1.54) is 12.1 Å². The van der Waals surface area contributed by atoms with E-state index in [2.05, 4.69) is 10.1 Å². The summed E-state index contributed by atoms with van der Waals surface area (Å²) < 4.78 is 18.5. The molecular formula is C18H24FN3O3. The van der Waals surface area contributed by atoms with E-state index < -0.39 is 6.61 Å². The standard InChI is InChI=1S/C18H24FN3O3/c1-2-22(17(24)12-23)10-9-21-7-5-13(6-8-21)18-15-4-3-14(19)11-16(15)25-20-18/h3-4,11,13,23H,2,5-10,12H2,1H3. The highest BCUT2D eigenvalue weighted by atomic mass is 19.1. The van der Waals surface area contributed by atoms with Gasteiger partial charge in [0.05, 0.1) is 5.69 Å². The fourth-order valence-corrected chi connectivity index (χ4v) is 3.48. The lowest BCUT2D eigenvalue weighted by Crippen LogP contribution is -2.42. The molecule has 0 unspecified atom stereocenters. The number of fused-ring (bicyclic) bond motifs is 1. The van der Waals surface area contributed by atoms with E-state index in [1.54, 1.807) is 11.0 Å². The molecule has 1 saturated heterocycles. The van der Waals surface area contributed by atoms with Crippen molar-refractivity contribution in [2.24, 2.45) is 0 Å². The third-order valence-corrected chi connectivity index (χ3v) is 4.99. The lowest BCUT2D eigenvalue weighted by molar-refractivity contribution is -0.134. The van der Waals surface area contributed by atoms with Crippen LogP contribution in [0, 0.1) is 5.82 Å². The molecule has 1 aromatic heterocycles. The van der Waals surface area contributed by atoms with Crippen molar-refractivity contribution in [2.75, 3.05) is 39.3 Å². The van der Waals surface area contributed by atoms with E-state index in [9.17, 15) is 9.18 Å². The number of aliphatic hydroxyl groups excluding tert-OH is 1. The number of halogens is 1. The number of hydrogen-bond donors (Lipinski definition) is 1. The van der Waals surface area contributed by atoms with E-state index in [1.807, 2.05) is 6.92 Å². The molecule has 1 N–H and O–H groups in total. The van der Waals surface area contributed by atoms with Crippen LogP contribution in [0.1, 0.15) is 31.4 Å². The zero-order valence-corrected chi connectivity index (χ0v) is 14.4. The summed E-state index contributed by atoms with van der Waals surface area (Å²) in [5, 5.41) is 14.0. The number of carbonyl (C=O) groups excluding carboxylic acids is 1. The zero-order chi connectivity index (χ0) is 17.8. The smallest absolute Gasteiger partial charge is 0.248 e. The van der Waals surface area contributed by atoms with Crippen LogP contribution in [0.15, 0.2) is 22.7 Å². The number of rotatable bonds is 6.